The summed E-state index contributed by atoms with van der Waals surface area (Å²) in [7, 11) is 0. The van der Waals surface area contributed by atoms with E-state index in [1.165, 1.54) is 0 Å². The highest BCUT2D eigenvalue weighted by Crippen LogP contribution is 2.27. The molecule has 1 unspecified atom stereocenters. The number of carbonyl (C=O) groups excluding carboxylic acids is 1. The van der Waals surface area contributed by atoms with Crippen LogP contribution in [0.4, 0.5) is 5.95 Å². The van der Waals surface area contributed by atoms with Crippen LogP contribution in [0.3, 0.4) is 0 Å². The molecule has 0 bridgehead atoms. The van der Waals surface area contributed by atoms with Crippen LogP contribution in [0, 0.1) is 0 Å². The van der Waals surface area contributed by atoms with E-state index in [1.54, 1.807) is 12.4 Å². The van der Waals surface area contributed by atoms with Gasteiger partial charge in [-0.05, 0) is 24.5 Å². The minimum atomic E-state index is -0.187. The third-order valence-electron chi connectivity index (χ3n) is 5.28. The summed E-state index contributed by atoms with van der Waals surface area (Å²) < 4.78 is 0. The highest BCUT2D eigenvalue weighted by atomic mass is 16.2. The van der Waals surface area contributed by atoms with Crippen molar-refractivity contribution in [3.63, 3.8) is 0 Å². The Bertz CT molecular complexity index is 709. The topological polar surface area (TPSA) is 52.6 Å². The van der Waals surface area contributed by atoms with E-state index in [-0.39, 0.29) is 11.9 Å². The number of carbonyl (C=O) groups is 1. The van der Waals surface area contributed by atoms with Crippen LogP contribution >= 0.6 is 0 Å². The Balaban J connectivity index is 1.51. The van der Waals surface area contributed by atoms with E-state index in [0.29, 0.717) is 0 Å². The van der Waals surface area contributed by atoms with Crippen LogP contribution in [-0.2, 0) is 4.79 Å². The number of hydrogen-bond acceptors (Lipinski definition) is 5. The molecule has 0 radical (unpaired) electrons. The molecule has 0 N–H and O–H groups in total. The lowest BCUT2D eigenvalue weighted by Crippen LogP contribution is -2.51. The number of piperazine rings is 1. The molecule has 1 amide bonds. The van der Waals surface area contributed by atoms with Gasteiger partial charge in [-0.3, -0.25) is 9.69 Å². The fraction of sp³-hybridized carbons (Fsp3) is 0.450. The zero-order chi connectivity index (χ0) is 17.8. The molecule has 26 heavy (non-hydrogen) atoms. The first-order chi connectivity index (χ1) is 12.8. The summed E-state index contributed by atoms with van der Waals surface area (Å²) >= 11 is 0. The Morgan fingerprint density at radius 3 is 2.15 bits per heavy atom. The number of hydrogen-bond donors (Lipinski definition) is 0. The highest BCUT2D eigenvalue weighted by Gasteiger charge is 2.34. The van der Waals surface area contributed by atoms with Crippen molar-refractivity contribution in [2.24, 2.45) is 0 Å². The van der Waals surface area contributed by atoms with E-state index in [9.17, 15) is 4.79 Å². The summed E-state index contributed by atoms with van der Waals surface area (Å²) in [5.41, 5.74) is 1.09. The van der Waals surface area contributed by atoms with E-state index >= 15 is 0 Å². The van der Waals surface area contributed by atoms with Gasteiger partial charge in [0.05, 0.1) is 0 Å². The minimum absolute atomic E-state index is 0.187. The van der Waals surface area contributed by atoms with Gasteiger partial charge in [0.1, 0.15) is 6.04 Å². The second-order valence-electron chi connectivity index (χ2n) is 6.92. The Hall–Kier alpha value is -2.47. The number of rotatable bonds is 4. The van der Waals surface area contributed by atoms with Gasteiger partial charge in [0, 0.05) is 51.7 Å². The highest BCUT2D eigenvalue weighted by molar-refractivity contribution is 5.83. The van der Waals surface area contributed by atoms with Gasteiger partial charge in [0.2, 0.25) is 11.9 Å². The van der Waals surface area contributed by atoms with Crippen molar-refractivity contribution >= 4 is 11.9 Å². The lowest BCUT2D eigenvalue weighted by molar-refractivity contribution is -0.136. The zero-order valence-electron chi connectivity index (χ0n) is 15.0. The third-order valence-corrected chi connectivity index (χ3v) is 5.28. The molecule has 6 nitrogen and oxygen atoms in total. The molecule has 1 aromatic carbocycles. The second kappa shape index (κ2) is 7.83. The zero-order valence-corrected chi connectivity index (χ0v) is 15.0. The van der Waals surface area contributed by atoms with E-state index in [1.807, 2.05) is 29.2 Å². The normalized spacial score (nSPS) is 19.5. The third kappa shape index (κ3) is 3.55. The first kappa shape index (κ1) is 17.0. The molecule has 136 valence electrons. The number of likely N-dealkylation sites (tertiary alicyclic amines) is 1. The first-order valence-corrected chi connectivity index (χ1v) is 9.43. The van der Waals surface area contributed by atoms with Crippen LogP contribution in [0.5, 0.6) is 0 Å². The molecular weight excluding hydrogens is 326 g/mol. The summed E-state index contributed by atoms with van der Waals surface area (Å²) in [5.74, 6) is 1.02. The van der Waals surface area contributed by atoms with Gasteiger partial charge in [-0.25, -0.2) is 9.97 Å². The standard InChI is InChI=1S/C20H25N5O/c26-19(24-11-4-5-12-24)18(17-7-2-1-3-8-17)23-13-15-25(16-14-23)20-21-9-6-10-22-20/h1-3,6-10,18H,4-5,11-16H2. The lowest BCUT2D eigenvalue weighted by Gasteiger charge is -2.39. The van der Waals surface area contributed by atoms with Crippen molar-refractivity contribution < 1.29 is 4.79 Å². The fourth-order valence-corrected chi connectivity index (χ4v) is 3.89. The molecule has 1 aromatic heterocycles. The number of amides is 1. The summed E-state index contributed by atoms with van der Waals surface area (Å²) in [4.78, 5) is 28.5. The van der Waals surface area contributed by atoms with Crippen LogP contribution in [-0.4, -0.2) is 64.9 Å². The summed E-state index contributed by atoms with van der Waals surface area (Å²) in [6, 6.07) is 11.8. The van der Waals surface area contributed by atoms with Gasteiger partial charge >= 0.3 is 0 Å². The maximum atomic E-state index is 13.2. The molecule has 1 atom stereocenters. The summed E-state index contributed by atoms with van der Waals surface area (Å²) in [6.07, 6.45) is 5.79. The molecule has 2 aliphatic heterocycles. The summed E-state index contributed by atoms with van der Waals surface area (Å²) in [6.45, 7) is 5.11. The Labute approximate surface area is 154 Å². The van der Waals surface area contributed by atoms with Crippen LogP contribution in [0.15, 0.2) is 48.8 Å². The minimum Gasteiger partial charge on any atom is -0.341 e. The maximum Gasteiger partial charge on any atom is 0.244 e. The fourth-order valence-electron chi connectivity index (χ4n) is 3.89. The van der Waals surface area contributed by atoms with Gasteiger partial charge in [0.25, 0.3) is 0 Å². The van der Waals surface area contributed by atoms with Crippen LogP contribution < -0.4 is 4.90 Å². The predicted molar refractivity (Wildman–Crippen MR) is 101 cm³/mol. The van der Waals surface area contributed by atoms with Crippen molar-refractivity contribution in [1.29, 1.82) is 0 Å². The molecule has 2 aliphatic rings. The lowest BCUT2D eigenvalue weighted by atomic mass is 10.0. The number of nitrogens with zero attached hydrogens (tertiary/aromatic N) is 5. The first-order valence-electron chi connectivity index (χ1n) is 9.43. The van der Waals surface area contributed by atoms with Gasteiger partial charge in [-0.1, -0.05) is 30.3 Å². The van der Waals surface area contributed by atoms with E-state index < -0.39 is 0 Å². The van der Waals surface area contributed by atoms with Crippen molar-refractivity contribution in [3.8, 4) is 0 Å². The number of anilines is 1. The molecule has 6 heteroatoms. The SMILES string of the molecule is O=C(C(c1ccccc1)N1CCN(c2ncccn2)CC1)N1CCCC1. The Kier molecular flexibility index (Phi) is 5.11. The molecule has 2 saturated heterocycles. The average Bonchev–Trinajstić information content (AvgIpc) is 3.25. The van der Waals surface area contributed by atoms with Crippen LogP contribution in [0.1, 0.15) is 24.4 Å². The molecule has 4 rings (SSSR count). The monoisotopic (exact) mass is 351 g/mol. The molecule has 0 spiro atoms. The van der Waals surface area contributed by atoms with Gasteiger partial charge in [0.15, 0.2) is 0 Å². The largest absolute Gasteiger partial charge is 0.341 e. The van der Waals surface area contributed by atoms with Crippen molar-refractivity contribution in [3.05, 3.63) is 54.4 Å². The molecule has 2 fully saturated rings. The van der Waals surface area contributed by atoms with E-state index in [2.05, 4.69) is 31.9 Å². The number of aromatic nitrogens is 2. The average molecular weight is 351 g/mol. The van der Waals surface area contributed by atoms with Gasteiger partial charge in [-0.2, -0.15) is 0 Å². The maximum absolute atomic E-state index is 13.2. The Morgan fingerprint density at radius 2 is 1.50 bits per heavy atom. The van der Waals surface area contributed by atoms with Gasteiger partial charge in [-0.15, -0.1) is 0 Å². The van der Waals surface area contributed by atoms with Crippen molar-refractivity contribution in [2.45, 2.75) is 18.9 Å². The molecule has 3 heterocycles. The smallest absolute Gasteiger partial charge is 0.244 e. The molecule has 2 aromatic rings. The van der Waals surface area contributed by atoms with Crippen LogP contribution in [0.25, 0.3) is 0 Å². The quantitative estimate of drug-likeness (QED) is 0.843. The van der Waals surface area contributed by atoms with Crippen LogP contribution in [0.2, 0.25) is 0 Å². The van der Waals surface area contributed by atoms with E-state index in [4.69, 9.17) is 0 Å². The Morgan fingerprint density at radius 1 is 0.846 bits per heavy atom. The second-order valence-corrected chi connectivity index (χ2v) is 6.92. The van der Waals surface area contributed by atoms with Gasteiger partial charge < -0.3 is 9.80 Å². The molecular formula is C20H25N5O. The van der Waals surface area contributed by atoms with Crippen molar-refractivity contribution in [1.82, 2.24) is 19.8 Å². The predicted octanol–water partition coefficient (Wildman–Crippen LogP) is 1.96. The molecule has 0 aliphatic carbocycles. The molecule has 0 saturated carbocycles. The number of benzene rings is 1. The summed E-state index contributed by atoms with van der Waals surface area (Å²) in [5, 5.41) is 0. The van der Waals surface area contributed by atoms with E-state index in [0.717, 1.165) is 63.6 Å². The van der Waals surface area contributed by atoms with Crippen molar-refractivity contribution in [2.75, 3.05) is 44.2 Å².